The van der Waals surface area contributed by atoms with Crippen molar-refractivity contribution < 1.29 is 22.7 Å². The van der Waals surface area contributed by atoms with Crippen LogP contribution in [0.2, 0.25) is 0 Å². The number of methoxy groups -OCH3 is 1. The lowest BCUT2D eigenvalue weighted by Gasteiger charge is -2.14. The Morgan fingerprint density at radius 2 is 1.75 bits per heavy atom. The predicted octanol–water partition coefficient (Wildman–Crippen LogP) is 2.09. The van der Waals surface area contributed by atoms with Gasteiger partial charge in [0.15, 0.2) is 0 Å². The van der Waals surface area contributed by atoms with Crippen molar-refractivity contribution in [2.24, 2.45) is 0 Å². The molecule has 8 heteroatoms. The molecule has 0 saturated carbocycles. The van der Waals surface area contributed by atoms with Gasteiger partial charge in [-0.3, -0.25) is 4.79 Å². The van der Waals surface area contributed by atoms with Crippen molar-refractivity contribution in [1.29, 1.82) is 0 Å². The number of rotatable bonds is 11. The molecule has 152 valence electrons. The molecule has 0 aromatic heterocycles. The van der Waals surface area contributed by atoms with Crippen molar-refractivity contribution in [3.8, 4) is 5.75 Å². The fourth-order valence-electron chi connectivity index (χ4n) is 2.41. The van der Waals surface area contributed by atoms with Gasteiger partial charge >= 0.3 is 0 Å². The van der Waals surface area contributed by atoms with Gasteiger partial charge in [0.25, 0.3) is 0 Å². The van der Waals surface area contributed by atoms with Gasteiger partial charge in [0, 0.05) is 13.2 Å². The zero-order valence-corrected chi connectivity index (χ0v) is 16.9. The van der Waals surface area contributed by atoms with E-state index >= 15 is 0 Å². The van der Waals surface area contributed by atoms with Gasteiger partial charge in [0.1, 0.15) is 5.75 Å². The van der Waals surface area contributed by atoms with Crippen LogP contribution in [0.4, 0.5) is 0 Å². The minimum atomic E-state index is -3.79. The quantitative estimate of drug-likeness (QED) is 0.558. The average Bonchev–Trinajstić information content (AvgIpc) is 2.70. The normalized spacial score (nSPS) is 12.4. The molecule has 1 atom stereocenters. The molecular formula is C20H26N2O5S. The molecule has 0 saturated heterocycles. The highest BCUT2D eigenvalue weighted by atomic mass is 32.2. The van der Waals surface area contributed by atoms with E-state index in [1.54, 1.807) is 12.1 Å². The Labute approximate surface area is 166 Å². The van der Waals surface area contributed by atoms with E-state index < -0.39 is 16.1 Å². The fourth-order valence-corrected chi connectivity index (χ4v) is 3.62. The molecule has 0 fully saturated rings. The molecular weight excluding hydrogens is 380 g/mol. The van der Waals surface area contributed by atoms with E-state index in [2.05, 4.69) is 10.0 Å². The maximum Gasteiger partial charge on any atom is 0.241 e. The third-order valence-electron chi connectivity index (χ3n) is 3.97. The summed E-state index contributed by atoms with van der Waals surface area (Å²) in [5, 5.41) is 2.71. The van der Waals surface area contributed by atoms with Crippen molar-refractivity contribution >= 4 is 15.9 Å². The van der Waals surface area contributed by atoms with Crippen molar-refractivity contribution in [2.75, 3.05) is 20.3 Å². The second-order valence-electron chi connectivity index (χ2n) is 6.20. The summed E-state index contributed by atoms with van der Waals surface area (Å²) in [5.41, 5.74) is 1.09. The summed E-state index contributed by atoms with van der Waals surface area (Å²) in [4.78, 5) is 12.2. The Morgan fingerprint density at radius 3 is 2.39 bits per heavy atom. The number of ether oxygens (including phenoxy) is 2. The topological polar surface area (TPSA) is 93.7 Å². The average molecular weight is 407 g/mol. The van der Waals surface area contributed by atoms with Gasteiger partial charge in [-0.2, -0.15) is 4.72 Å². The molecule has 28 heavy (non-hydrogen) atoms. The first-order valence-corrected chi connectivity index (χ1v) is 10.5. The molecule has 2 aromatic rings. The van der Waals surface area contributed by atoms with Crippen LogP contribution >= 0.6 is 0 Å². The third-order valence-corrected chi connectivity index (χ3v) is 5.53. The molecule has 2 N–H and O–H groups in total. The van der Waals surface area contributed by atoms with Crippen molar-refractivity contribution in [3.05, 3.63) is 60.2 Å². The van der Waals surface area contributed by atoms with E-state index in [1.165, 1.54) is 26.2 Å². The molecule has 1 amide bonds. The standard InChI is InChI=1S/C20H26N2O5S/c1-16(22-28(24,25)19-11-9-18(26-2)10-12-19)20(23)21-13-6-14-27-15-17-7-4-3-5-8-17/h3-5,7-12,16,22H,6,13-15H2,1-2H3,(H,21,23)/t16-/m0/s1. The van der Waals surface area contributed by atoms with Crippen LogP contribution in [0.25, 0.3) is 0 Å². The third kappa shape index (κ3) is 6.95. The summed E-state index contributed by atoms with van der Waals surface area (Å²) in [7, 11) is -2.29. The molecule has 7 nitrogen and oxygen atoms in total. The number of hydrogen-bond donors (Lipinski definition) is 2. The number of hydrogen-bond acceptors (Lipinski definition) is 5. The molecule has 0 bridgehead atoms. The van der Waals surface area contributed by atoms with Crippen LogP contribution in [-0.2, 0) is 26.2 Å². The number of carbonyl (C=O) groups is 1. The zero-order valence-electron chi connectivity index (χ0n) is 16.1. The summed E-state index contributed by atoms with van der Waals surface area (Å²) >= 11 is 0. The van der Waals surface area contributed by atoms with Gasteiger partial charge in [-0.05, 0) is 43.2 Å². The molecule has 0 aliphatic carbocycles. The maximum absolute atomic E-state index is 12.3. The zero-order chi connectivity index (χ0) is 20.4. The van der Waals surface area contributed by atoms with Crippen LogP contribution in [-0.4, -0.2) is 40.6 Å². The van der Waals surface area contributed by atoms with E-state index in [1.807, 2.05) is 30.3 Å². The van der Waals surface area contributed by atoms with Crippen molar-refractivity contribution in [1.82, 2.24) is 10.0 Å². The van der Waals surface area contributed by atoms with Crippen LogP contribution in [0.3, 0.4) is 0 Å². The number of benzene rings is 2. The lowest BCUT2D eigenvalue weighted by Crippen LogP contribution is -2.45. The lowest BCUT2D eigenvalue weighted by atomic mass is 10.2. The summed E-state index contributed by atoms with van der Waals surface area (Å²) < 4.78 is 37.6. The van der Waals surface area contributed by atoms with Crippen molar-refractivity contribution in [2.45, 2.75) is 30.9 Å². The molecule has 0 heterocycles. The van der Waals surface area contributed by atoms with Gasteiger partial charge in [-0.15, -0.1) is 0 Å². The van der Waals surface area contributed by atoms with Crippen LogP contribution in [0.5, 0.6) is 5.75 Å². The molecule has 2 aromatic carbocycles. The number of sulfonamides is 1. The Balaban J connectivity index is 1.69. The fraction of sp³-hybridized carbons (Fsp3) is 0.350. The number of amides is 1. The van der Waals surface area contributed by atoms with Crippen LogP contribution in [0.15, 0.2) is 59.5 Å². The Morgan fingerprint density at radius 1 is 1.07 bits per heavy atom. The van der Waals surface area contributed by atoms with Gasteiger partial charge in [-0.1, -0.05) is 30.3 Å². The lowest BCUT2D eigenvalue weighted by molar-refractivity contribution is -0.122. The summed E-state index contributed by atoms with van der Waals surface area (Å²) in [6.45, 7) is 2.93. The Hall–Kier alpha value is -2.42. The molecule has 0 unspecified atom stereocenters. The van der Waals surface area contributed by atoms with E-state index in [0.29, 0.717) is 31.9 Å². The van der Waals surface area contributed by atoms with E-state index in [0.717, 1.165) is 5.56 Å². The van der Waals surface area contributed by atoms with Crippen LogP contribution in [0.1, 0.15) is 18.9 Å². The molecule has 2 rings (SSSR count). The highest BCUT2D eigenvalue weighted by Crippen LogP contribution is 2.15. The number of carbonyl (C=O) groups excluding carboxylic acids is 1. The van der Waals surface area contributed by atoms with E-state index in [4.69, 9.17) is 9.47 Å². The smallest absolute Gasteiger partial charge is 0.241 e. The second kappa shape index (κ2) is 10.8. The Kier molecular flexibility index (Phi) is 8.43. The minimum Gasteiger partial charge on any atom is -0.497 e. The van der Waals surface area contributed by atoms with Crippen LogP contribution in [0, 0.1) is 0 Å². The largest absolute Gasteiger partial charge is 0.497 e. The SMILES string of the molecule is COc1ccc(S(=O)(=O)N[C@@H](C)C(=O)NCCCOCc2ccccc2)cc1. The minimum absolute atomic E-state index is 0.0715. The summed E-state index contributed by atoms with van der Waals surface area (Å²) in [5.74, 6) is 0.166. The number of nitrogens with one attached hydrogen (secondary N) is 2. The van der Waals surface area contributed by atoms with E-state index in [9.17, 15) is 13.2 Å². The van der Waals surface area contributed by atoms with E-state index in [-0.39, 0.29) is 10.8 Å². The van der Waals surface area contributed by atoms with Gasteiger partial charge < -0.3 is 14.8 Å². The van der Waals surface area contributed by atoms with Gasteiger partial charge in [0.2, 0.25) is 15.9 Å². The second-order valence-corrected chi connectivity index (χ2v) is 7.92. The Bertz CT molecular complexity index is 839. The van der Waals surface area contributed by atoms with Crippen LogP contribution < -0.4 is 14.8 Å². The predicted molar refractivity (Wildman–Crippen MR) is 107 cm³/mol. The highest BCUT2D eigenvalue weighted by molar-refractivity contribution is 7.89. The molecule has 0 radical (unpaired) electrons. The van der Waals surface area contributed by atoms with Gasteiger partial charge in [0.05, 0.1) is 24.7 Å². The summed E-state index contributed by atoms with van der Waals surface area (Å²) in [6, 6.07) is 14.9. The molecule has 0 aliphatic heterocycles. The first-order chi connectivity index (χ1) is 13.4. The van der Waals surface area contributed by atoms with Gasteiger partial charge in [-0.25, -0.2) is 8.42 Å². The summed E-state index contributed by atoms with van der Waals surface area (Å²) in [6.07, 6.45) is 0.635. The highest BCUT2D eigenvalue weighted by Gasteiger charge is 2.21. The monoisotopic (exact) mass is 406 g/mol. The maximum atomic E-state index is 12.3. The first kappa shape index (κ1) is 21.9. The molecule has 0 aliphatic rings. The van der Waals surface area contributed by atoms with Crippen molar-refractivity contribution in [3.63, 3.8) is 0 Å². The first-order valence-electron chi connectivity index (χ1n) is 8.98. The molecule has 0 spiro atoms.